The SMILES string of the molecule is O=S(=O)(F)c1ccc(C2CC2)cc1F. The molecule has 2 rings (SSSR count). The Bertz CT molecular complexity index is 464. The minimum absolute atomic E-state index is 0.320. The molecule has 0 atom stereocenters. The molecule has 0 N–H and O–H groups in total. The van der Waals surface area contributed by atoms with Gasteiger partial charge in [0.25, 0.3) is 0 Å². The highest BCUT2D eigenvalue weighted by molar-refractivity contribution is 7.86. The van der Waals surface area contributed by atoms with E-state index in [1.807, 2.05) is 0 Å². The fourth-order valence-corrected chi connectivity index (χ4v) is 1.91. The van der Waals surface area contributed by atoms with Crippen molar-refractivity contribution in [1.82, 2.24) is 0 Å². The van der Waals surface area contributed by atoms with E-state index in [0.717, 1.165) is 30.5 Å². The van der Waals surface area contributed by atoms with Crippen molar-refractivity contribution in [1.29, 1.82) is 0 Å². The summed E-state index contributed by atoms with van der Waals surface area (Å²) < 4.78 is 46.5. The second-order valence-electron chi connectivity index (χ2n) is 3.40. The molecule has 0 radical (unpaired) electrons. The Balaban J connectivity index is 2.46. The van der Waals surface area contributed by atoms with Crippen molar-refractivity contribution in [2.75, 3.05) is 0 Å². The van der Waals surface area contributed by atoms with E-state index in [1.165, 1.54) is 6.07 Å². The Kier molecular flexibility index (Phi) is 2.06. The first-order valence-electron chi connectivity index (χ1n) is 4.22. The third kappa shape index (κ3) is 1.77. The molecule has 0 saturated heterocycles. The molecule has 1 aromatic rings. The highest BCUT2D eigenvalue weighted by Crippen LogP contribution is 2.40. The van der Waals surface area contributed by atoms with E-state index in [0.29, 0.717) is 5.92 Å². The van der Waals surface area contributed by atoms with Crippen LogP contribution in [0.1, 0.15) is 24.3 Å². The van der Waals surface area contributed by atoms with E-state index in [9.17, 15) is 16.7 Å². The second-order valence-corrected chi connectivity index (χ2v) is 4.72. The molecule has 1 fully saturated rings. The topological polar surface area (TPSA) is 34.1 Å². The van der Waals surface area contributed by atoms with Crippen LogP contribution in [0, 0.1) is 5.82 Å². The lowest BCUT2D eigenvalue weighted by Gasteiger charge is -2.01. The average molecular weight is 218 g/mol. The summed E-state index contributed by atoms with van der Waals surface area (Å²) in [5.41, 5.74) is 0.745. The van der Waals surface area contributed by atoms with Crippen molar-refractivity contribution in [3.05, 3.63) is 29.6 Å². The lowest BCUT2D eigenvalue weighted by Crippen LogP contribution is -1.97. The zero-order valence-corrected chi connectivity index (χ0v) is 8.02. The fourth-order valence-electron chi connectivity index (χ4n) is 1.39. The van der Waals surface area contributed by atoms with Gasteiger partial charge in [0, 0.05) is 0 Å². The van der Waals surface area contributed by atoms with Crippen molar-refractivity contribution in [3.8, 4) is 0 Å². The maximum Gasteiger partial charge on any atom is 0.335 e. The molecule has 76 valence electrons. The smallest absolute Gasteiger partial charge is 0.205 e. The van der Waals surface area contributed by atoms with E-state index in [2.05, 4.69) is 0 Å². The maximum atomic E-state index is 13.1. The number of hydrogen-bond acceptors (Lipinski definition) is 2. The Labute approximate surface area is 80.8 Å². The second kappa shape index (κ2) is 3.02. The van der Waals surface area contributed by atoms with Gasteiger partial charge >= 0.3 is 10.2 Å². The van der Waals surface area contributed by atoms with Gasteiger partial charge in [0.05, 0.1) is 0 Å². The van der Waals surface area contributed by atoms with Crippen LogP contribution in [0.2, 0.25) is 0 Å². The molecule has 0 spiro atoms. The molecule has 0 heterocycles. The Morgan fingerprint density at radius 3 is 2.36 bits per heavy atom. The average Bonchev–Trinajstić information content (AvgIpc) is 2.83. The highest BCUT2D eigenvalue weighted by atomic mass is 32.3. The molecular formula is C9H8F2O2S. The largest absolute Gasteiger partial charge is 0.335 e. The summed E-state index contributed by atoms with van der Waals surface area (Å²) in [6.45, 7) is 0. The van der Waals surface area contributed by atoms with Gasteiger partial charge in [0.2, 0.25) is 0 Å². The number of hydrogen-bond donors (Lipinski definition) is 0. The van der Waals surface area contributed by atoms with Crippen LogP contribution >= 0.6 is 0 Å². The molecule has 0 amide bonds. The Hall–Kier alpha value is -0.970. The van der Waals surface area contributed by atoms with Crippen LogP contribution in [0.5, 0.6) is 0 Å². The highest BCUT2D eigenvalue weighted by Gasteiger charge is 2.26. The predicted octanol–water partition coefficient (Wildman–Crippen LogP) is 2.36. The van der Waals surface area contributed by atoms with Gasteiger partial charge in [-0.25, -0.2) is 4.39 Å². The predicted molar refractivity (Wildman–Crippen MR) is 46.7 cm³/mol. The molecule has 0 aliphatic heterocycles. The van der Waals surface area contributed by atoms with Crippen LogP contribution in [0.3, 0.4) is 0 Å². The van der Waals surface area contributed by atoms with Crippen LogP contribution in [0.15, 0.2) is 23.1 Å². The van der Waals surface area contributed by atoms with Crippen LogP contribution in [0.25, 0.3) is 0 Å². The molecule has 0 bridgehead atoms. The third-order valence-electron chi connectivity index (χ3n) is 2.27. The van der Waals surface area contributed by atoms with Gasteiger partial charge in [0.15, 0.2) is 0 Å². The van der Waals surface area contributed by atoms with Gasteiger partial charge in [-0.3, -0.25) is 0 Å². The molecule has 14 heavy (non-hydrogen) atoms. The summed E-state index contributed by atoms with van der Waals surface area (Å²) in [6, 6.07) is 3.55. The molecule has 1 saturated carbocycles. The molecule has 5 heteroatoms. The van der Waals surface area contributed by atoms with Crippen LogP contribution in [-0.4, -0.2) is 8.42 Å². The van der Waals surface area contributed by atoms with Gasteiger partial charge in [-0.15, -0.1) is 3.89 Å². The van der Waals surface area contributed by atoms with Gasteiger partial charge < -0.3 is 0 Å². The summed E-state index contributed by atoms with van der Waals surface area (Å²) in [5, 5.41) is 0. The van der Waals surface area contributed by atoms with Crippen LogP contribution in [-0.2, 0) is 10.2 Å². The molecular weight excluding hydrogens is 210 g/mol. The maximum absolute atomic E-state index is 13.1. The minimum atomic E-state index is -4.93. The monoisotopic (exact) mass is 218 g/mol. The summed E-state index contributed by atoms with van der Waals surface area (Å²) in [6.07, 6.45) is 1.97. The molecule has 1 aromatic carbocycles. The first-order chi connectivity index (χ1) is 6.48. The van der Waals surface area contributed by atoms with E-state index in [1.54, 1.807) is 0 Å². The zero-order chi connectivity index (χ0) is 10.3. The first kappa shape index (κ1) is 9.58. The van der Waals surface area contributed by atoms with Crippen molar-refractivity contribution in [2.45, 2.75) is 23.7 Å². The third-order valence-corrected chi connectivity index (χ3v) is 3.12. The molecule has 0 unspecified atom stereocenters. The first-order valence-corrected chi connectivity index (χ1v) is 5.61. The van der Waals surface area contributed by atoms with Crippen molar-refractivity contribution < 1.29 is 16.7 Å². The van der Waals surface area contributed by atoms with Gasteiger partial charge in [-0.05, 0) is 36.5 Å². The molecule has 1 aliphatic rings. The molecule has 1 aliphatic carbocycles. The molecule has 0 aromatic heterocycles. The number of halogens is 2. The van der Waals surface area contributed by atoms with E-state index < -0.39 is 20.9 Å². The van der Waals surface area contributed by atoms with Crippen molar-refractivity contribution in [3.63, 3.8) is 0 Å². The lowest BCUT2D eigenvalue weighted by atomic mass is 10.1. The van der Waals surface area contributed by atoms with E-state index in [-0.39, 0.29) is 0 Å². The van der Waals surface area contributed by atoms with E-state index in [4.69, 9.17) is 0 Å². The summed E-state index contributed by atoms with van der Waals surface area (Å²) in [7, 11) is -4.93. The van der Waals surface area contributed by atoms with Gasteiger partial charge in [-0.2, -0.15) is 8.42 Å². The summed E-state index contributed by atoms with van der Waals surface area (Å²) in [4.78, 5) is -0.873. The minimum Gasteiger partial charge on any atom is -0.205 e. The van der Waals surface area contributed by atoms with Crippen LogP contribution < -0.4 is 0 Å². The standard InChI is InChI=1S/C9H8F2O2S/c10-8-5-7(6-1-2-6)3-4-9(8)14(11,12)13/h3-6H,1-2H2. The lowest BCUT2D eigenvalue weighted by molar-refractivity contribution is 0.533. The Morgan fingerprint density at radius 2 is 1.93 bits per heavy atom. The number of rotatable bonds is 2. The summed E-state index contributed by atoms with van der Waals surface area (Å²) >= 11 is 0. The van der Waals surface area contributed by atoms with Gasteiger partial charge in [0.1, 0.15) is 10.7 Å². The molecule has 2 nitrogen and oxygen atoms in total. The fraction of sp³-hybridized carbons (Fsp3) is 0.333. The Morgan fingerprint density at radius 1 is 1.29 bits per heavy atom. The van der Waals surface area contributed by atoms with Gasteiger partial charge in [-0.1, -0.05) is 6.07 Å². The summed E-state index contributed by atoms with van der Waals surface area (Å²) in [5.74, 6) is -0.683. The van der Waals surface area contributed by atoms with Crippen molar-refractivity contribution in [2.24, 2.45) is 0 Å². The van der Waals surface area contributed by atoms with Crippen molar-refractivity contribution >= 4 is 10.2 Å². The number of benzene rings is 1. The van der Waals surface area contributed by atoms with Crippen LogP contribution in [0.4, 0.5) is 8.28 Å². The normalized spacial score (nSPS) is 17.0. The van der Waals surface area contributed by atoms with E-state index >= 15 is 0 Å². The quantitative estimate of drug-likeness (QED) is 0.714. The zero-order valence-electron chi connectivity index (χ0n) is 7.20.